The maximum absolute atomic E-state index is 13.1. The van der Waals surface area contributed by atoms with Crippen molar-refractivity contribution in [3.8, 4) is 0 Å². The van der Waals surface area contributed by atoms with Crippen LogP contribution in [0.3, 0.4) is 0 Å². The molecule has 1 aromatic rings. The molecule has 1 atom stereocenters. The van der Waals surface area contributed by atoms with E-state index in [-0.39, 0.29) is 5.82 Å². The molecule has 0 N–H and O–H groups in total. The molecule has 1 aliphatic rings. The summed E-state index contributed by atoms with van der Waals surface area (Å²) in [6.07, 6.45) is 0. The molecule has 1 saturated heterocycles. The molecule has 0 aromatic heterocycles. The Morgan fingerprint density at radius 2 is 2.38 bits per heavy atom. The van der Waals surface area contributed by atoms with Crippen LogP contribution >= 0.6 is 15.9 Å². The zero-order chi connectivity index (χ0) is 11.5. The van der Waals surface area contributed by atoms with Crippen molar-refractivity contribution in [2.45, 2.75) is 19.5 Å². The van der Waals surface area contributed by atoms with Crippen molar-refractivity contribution in [2.24, 2.45) is 0 Å². The molecule has 0 spiro atoms. The van der Waals surface area contributed by atoms with Gasteiger partial charge in [-0.3, -0.25) is 4.90 Å². The molecule has 1 aliphatic heterocycles. The largest absolute Gasteiger partial charge is 0.379 e. The van der Waals surface area contributed by atoms with Crippen LogP contribution in [-0.4, -0.2) is 30.7 Å². The summed E-state index contributed by atoms with van der Waals surface area (Å²) in [5.41, 5.74) is 1.13. The molecular formula is C12H15BrFNO. The number of hydrogen-bond donors (Lipinski definition) is 0. The first-order valence-electron chi connectivity index (χ1n) is 5.42. The summed E-state index contributed by atoms with van der Waals surface area (Å²) in [6, 6.07) is 5.61. The quantitative estimate of drug-likeness (QED) is 0.829. The average molecular weight is 288 g/mol. The smallest absolute Gasteiger partial charge is 0.137 e. The molecule has 88 valence electrons. The van der Waals surface area contributed by atoms with Gasteiger partial charge in [0.25, 0.3) is 0 Å². The number of ether oxygens (including phenoxy) is 1. The lowest BCUT2D eigenvalue weighted by Gasteiger charge is -2.33. The zero-order valence-electron chi connectivity index (χ0n) is 9.25. The minimum Gasteiger partial charge on any atom is -0.379 e. The summed E-state index contributed by atoms with van der Waals surface area (Å²) in [5, 5.41) is 0. The number of rotatable bonds is 2. The van der Waals surface area contributed by atoms with E-state index < -0.39 is 0 Å². The summed E-state index contributed by atoms with van der Waals surface area (Å²) >= 11 is 3.21. The van der Waals surface area contributed by atoms with Gasteiger partial charge in [-0.15, -0.1) is 0 Å². The molecule has 2 rings (SSSR count). The molecule has 16 heavy (non-hydrogen) atoms. The first kappa shape index (κ1) is 12.0. The van der Waals surface area contributed by atoms with Gasteiger partial charge in [0.2, 0.25) is 0 Å². The van der Waals surface area contributed by atoms with E-state index in [9.17, 15) is 4.39 Å². The van der Waals surface area contributed by atoms with Crippen LogP contribution in [0.2, 0.25) is 0 Å². The van der Waals surface area contributed by atoms with Gasteiger partial charge < -0.3 is 4.74 Å². The van der Waals surface area contributed by atoms with E-state index >= 15 is 0 Å². The van der Waals surface area contributed by atoms with Gasteiger partial charge in [-0.05, 0) is 40.5 Å². The van der Waals surface area contributed by atoms with Crippen molar-refractivity contribution in [3.63, 3.8) is 0 Å². The highest BCUT2D eigenvalue weighted by Crippen LogP contribution is 2.19. The topological polar surface area (TPSA) is 12.5 Å². The lowest BCUT2D eigenvalue weighted by Crippen LogP contribution is -2.42. The molecule has 0 saturated carbocycles. The summed E-state index contributed by atoms with van der Waals surface area (Å²) in [4.78, 5) is 2.35. The van der Waals surface area contributed by atoms with E-state index in [0.717, 1.165) is 31.9 Å². The third-order valence-corrected chi connectivity index (χ3v) is 3.48. The predicted octanol–water partition coefficient (Wildman–Crippen LogP) is 2.81. The zero-order valence-corrected chi connectivity index (χ0v) is 10.8. The molecular weight excluding hydrogens is 273 g/mol. The molecule has 1 aromatic carbocycles. The first-order chi connectivity index (χ1) is 7.66. The molecule has 1 fully saturated rings. The number of morpholine rings is 1. The fourth-order valence-corrected chi connectivity index (χ4v) is 2.30. The molecule has 0 radical (unpaired) electrons. The number of benzene rings is 1. The Bertz CT molecular complexity index is 372. The van der Waals surface area contributed by atoms with Crippen LogP contribution in [0.25, 0.3) is 0 Å². The Morgan fingerprint density at radius 1 is 1.56 bits per heavy atom. The highest BCUT2D eigenvalue weighted by Gasteiger charge is 2.18. The molecule has 0 unspecified atom stereocenters. The highest BCUT2D eigenvalue weighted by molar-refractivity contribution is 9.10. The van der Waals surface area contributed by atoms with Crippen molar-refractivity contribution < 1.29 is 9.13 Å². The second-order valence-corrected chi connectivity index (χ2v) is 5.00. The monoisotopic (exact) mass is 287 g/mol. The van der Waals surface area contributed by atoms with E-state index in [4.69, 9.17) is 4.74 Å². The Kier molecular flexibility index (Phi) is 3.95. The third kappa shape index (κ3) is 2.81. The van der Waals surface area contributed by atoms with Crippen LogP contribution < -0.4 is 0 Å². The summed E-state index contributed by atoms with van der Waals surface area (Å²) in [7, 11) is 0. The molecule has 4 heteroatoms. The van der Waals surface area contributed by atoms with Crippen molar-refractivity contribution >= 4 is 15.9 Å². The first-order valence-corrected chi connectivity index (χ1v) is 6.22. The molecule has 2 nitrogen and oxygen atoms in total. The maximum Gasteiger partial charge on any atom is 0.137 e. The lowest BCUT2D eigenvalue weighted by atomic mass is 10.1. The van der Waals surface area contributed by atoms with Gasteiger partial charge >= 0.3 is 0 Å². The standard InChI is InChI=1S/C12H15BrFNO/c1-9-8-16-5-4-15(9)7-10-2-3-12(14)11(13)6-10/h2-3,6,9H,4-5,7-8H2,1H3/t9-/m0/s1. The van der Waals surface area contributed by atoms with Crippen LogP contribution in [0.15, 0.2) is 22.7 Å². The van der Waals surface area contributed by atoms with Crippen LogP contribution in [0, 0.1) is 5.82 Å². The number of nitrogens with zero attached hydrogens (tertiary/aromatic N) is 1. The van der Waals surface area contributed by atoms with Gasteiger partial charge in [0.05, 0.1) is 17.7 Å². The predicted molar refractivity (Wildman–Crippen MR) is 64.8 cm³/mol. The Hall–Kier alpha value is -0.450. The Balaban J connectivity index is 2.05. The summed E-state index contributed by atoms with van der Waals surface area (Å²) < 4.78 is 19.0. The van der Waals surface area contributed by atoms with Gasteiger partial charge in [-0.25, -0.2) is 4.39 Å². The van der Waals surface area contributed by atoms with Crippen LogP contribution in [0.1, 0.15) is 12.5 Å². The Morgan fingerprint density at radius 3 is 3.06 bits per heavy atom. The summed E-state index contributed by atoms with van der Waals surface area (Å²) in [6.45, 7) is 5.51. The highest BCUT2D eigenvalue weighted by atomic mass is 79.9. The molecule has 1 heterocycles. The molecule has 0 aliphatic carbocycles. The van der Waals surface area contributed by atoms with Crippen LogP contribution in [0.4, 0.5) is 4.39 Å². The second kappa shape index (κ2) is 5.25. The number of hydrogen-bond acceptors (Lipinski definition) is 2. The van der Waals surface area contributed by atoms with Gasteiger partial charge in [0, 0.05) is 19.1 Å². The van der Waals surface area contributed by atoms with Crippen molar-refractivity contribution in [2.75, 3.05) is 19.8 Å². The van der Waals surface area contributed by atoms with Gasteiger partial charge in [0.1, 0.15) is 5.82 Å². The molecule has 0 bridgehead atoms. The van der Waals surface area contributed by atoms with Crippen molar-refractivity contribution in [1.82, 2.24) is 4.90 Å². The van der Waals surface area contributed by atoms with E-state index in [2.05, 4.69) is 27.8 Å². The second-order valence-electron chi connectivity index (χ2n) is 4.14. The van der Waals surface area contributed by atoms with Gasteiger partial charge in [-0.2, -0.15) is 0 Å². The van der Waals surface area contributed by atoms with Gasteiger partial charge in [0.15, 0.2) is 0 Å². The van der Waals surface area contributed by atoms with E-state index in [0.29, 0.717) is 10.5 Å². The fourth-order valence-electron chi connectivity index (χ4n) is 1.87. The molecule has 0 amide bonds. The lowest BCUT2D eigenvalue weighted by molar-refractivity contribution is -0.00438. The Labute approximate surface area is 104 Å². The third-order valence-electron chi connectivity index (χ3n) is 2.87. The van der Waals surface area contributed by atoms with Gasteiger partial charge in [-0.1, -0.05) is 6.07 Å². The van der Waals surface area contributed by atoms with Crippen LogP contribution in [0.5, 0.6) is 0 Å². The minimum absolute atomic E-state index is 0.209. The van der Waals surface area contributed by atoms with Crippen molar-refractivity contribution in [1.29, 1.82) is 0 Å². The SMILES string of the molecule is C[C@H]1COCCN1Cc1ccc(F)c(Br)c1. The minimum atomic E-state index is -0.209. The fraction of sp³-hybridized carbons (Fsp3) is 0.500. The van der Waals surface area contributed by atoms with Crippen LogP contribution in [-0.2, 0) is 11.3 Å². The van der Waals surface area contributed by atoms with E-state index in [1.165, 1.54) is 6.07 Å². The summed E-state index contributed by atoms with van der Waals surface area (Å²) in [5.74, 6) is -0.209. The average Bonchev–Trinajstić information content (AvgIpc) is 2.27. The van der Waals surface area contributed by atoms with E-state index in [1.807, 2.05) is 12.1 Å². The van der Waals surface area contributed by atoms with Crippen molar-refractivity contribution in [3.05, 3.63) is 34.1 Å². The normalized spacial score (nSPS) is 22.3. The number of halogens is 2. The van der Waals surface area contributed by atoms with E-state index in [1.54, 1.807) is 0 Å². The maximum atomic E-state index is 13.1.